The van der Waals surface area contributed by atoms with Crippen LogP contribution in [0, 0.1) is 0 Å². The van der Waals surface area contributed by atoms with Crippen LogP contribution in [0.15, 0.2) is 54.7 Å². The lowest BCUT2D eigenvalue weighted by molar-refractivity contribution is -0.690. The molecular weight excluding hydrogens is 374 g/mol. The minimum atomic E-state index is -0.117. The fourth-order valence-electron chi connectivity index (χ4n) is 3.67. The molecule has 1 aliphatic heterocycles. The molecule has 0 aliphatic carbocycles. The van der Waals surface area contributed by atoms with E-state index in [0.29, 0.717) is 16.3 Å². The van der Waals surface area contributed by atoms with Crippen molar-refractivity contribution in [3.05, 3.63) is 71.1 Å². The molecule has 2 heterocycles. The van der Waals surface area contributed by atoms with E-state index in [1.165, 1.54) is 6.92 Å². The quantitative estimate of drug-likeness (QED) is 0.527. The first-order chi connectivity index (χ1) is 13.5. The number of anilines is 1. The van der Waals surface area contributed by atoms with Gasteiger partial charge in [-0.05, 0) is 49.7 Å². The number of rotatable bonds is 5. The van der Waals surface area contributed by atoms with Crippen LogP contribution in [0.5, 0.6) is 0 Å². The second kappa shape index (κ2) is 7.60. The molecule has 0 radical (unpaired) electrons. The number of carbonyl (C=O) groups is 2. The van der Waals surface area contributed by atoms with Gasteiger partial charge >= 0.3 is 0 Å². The maximum atomic E-state index is 12.6. The molecule has 142 valence electrons. The van der Waals surface area contributed by atoms with E-state index in [0.717, 1.165) is 36.5 Å². The van der Waals surface area contributed by atoms with Gasteiger partial charge in [0.25, 0.3) is 11.7 Å². The van der Waals surface area contributed by atoms with E-state index >= 15 is 0 Å². The van der Waals surface area contributed by atoms with Crippen LogP contribution in [-0.4, -0.2) is 16.3 Å². The summed E-state index contributed by atoms with van der Waals surface area (Å²) in [6.45, 7) is 2.69. The van der Waals surface area contributed by atoms with Crippen LogP contribution >= 0.6 is 11.6 Å². The average molecular weight is 395 g/mol. The van der Waals surface area contributed by atoms with Gasteiger partial charge in [0.1, 0.15) is 6.20 Å². The van der Waals surface area contributed by atoms with Crippen LogP contribution in [0.4, 0.5) is 5.69 Å². The van der Waals surface area contributed by atoms with Crippen molar-refractivity contribution in [2.75, 3.05) is 5.32 Å². The normalized spacial score (nSPS) is 12.6. The molecule has 0 bridgehead atoms. The Morgan fingerprint density at radius 1 is 1.18 bits per heavy atom. The largest absolute Gasteiger partial charge is 0.323 e. The van der Waals surface area contributed by atoms with E-state index in [9.17, 15) is 9.59 Å². The maximum Gasteiger partial charge on any atom is 0.266 e. The topological polar surface area (TPSA) is 55.0 Å². The van der Waals surface area contributed by atoms with E-state index in [-0.39, 0.29) is 18.2 Å². The van der Waals surface area contributed by atoms with E-state index in [1.54, 1.807) is 24.3 Å². The summed E-state index contributed by atoms with van der Waals surface area (Å²) in [4.78, 5) is 24.1. The van der Waals surface area contributed by atoms with Gasteiger partial charge in [0, 0.05) is 21.8 Å². The highest BCUT2D eigenvalue weighted by molar-refractivity contribution is 6.30. The molecule has 5 nitrogen and oxygen atoms in total. The Kier molecular flexibility index (Phi) is 5.01. The number of hydrogen-bond donors (Lipinski definition) is 1. The van der Waals surface area contributed by atoms with Crippen LogP contribution in [0.2, 0.25) is 5.02 Å². The van der Waals surface area contributed by atoms with Crippen molar-refractivity contribution in [3.8, 4) is 11.3 Å². The Hall–Kier alpha value is -2.92. The molecule has 28 heavy (non-hydrogen) atoms. The lowest BCUT2D eigenvalue weighted by atomic mass is 10.1. The Morgan fingerprint density at radius 2 is 1.96 bits per heavy atom. The molecule has 0 saturated heterocycles. The molecule has 1 N–H and O–H groups in total. The van der Waals surface area contributed by atoms with Crippen LogP contribution in [0.3, 0.4) is 0 Å². The van der Waals surface area contributed by atoms with Gasteiger partial charge in [-0.3, -0.25) is 9.59 Å². The van der Waals surface area contributed by atoms with Gasteiger partial charge in [-0.25, -0.2) is 9.13 Å². The highest BCUT2D eigenvalue weighted by Gasteiger charge is 2.29. The standard InChI is InChI=1S/C22H20ClN3O2/c1-15(27)17-4-2-5-19(12-17)24-21(28)14-25-13-20(26-11-3-6-22(25)26)16-7-9-18(23)10-8-16/h2,4-5,7-10,12-13H,3,6,11,14H2,1H3/p+1. The number of aromatic nitrogens is 2. The lowest BCUT2D eigenvalue weighted by Gasteiger charge is -2.05. The Labute approximate surface area is 168 Å². The SMILES string of the molecule is CC(=O)c1cccc(NC(=O)C[n+]2cc(-c3ccc(Cl)cc3)n3c2CCC3)c1. The first-order valence-corrected chi connectivity index (χ1v) is 9.68. The number of nitrogens with one attached hydrogen (secondary N) is 1. The number of carbonyl (C=O) groups excluding carboxylic acids is 2. The first-order valence-electron chi connectivity index (χ1n) is 9.30. The third kappa shape index (κ3) is 3.71. The van der Waals surface area contributed by atoms with Gasteiger partial charge in [0.2, 0.25) is 0 Å². The summed E-state index contributed by atoms with van der Waals surface area (Å²) >= 11 is 6.01. The first kappa shape index (κ1) is 18.4. The van der Waals surface area contributed by atoms with Crippen LogP contribution in [0.1, 0.15) is 29.5 Å². The van der Waals surface area contributed by atoms with Gasteiger partial charge in [0.05, 0.1) is 13.0 Å². The van der Waals surface area contributed by atoms with Gasteiger partial charge in [-0.15, -0.1) is 0 Å². The summed E-state index contributed by atoms with van der Waals surface area (Å²) in [7, 11) is 0. The number of ketones is 1. The van der Waals surface area contributed by atoms with Crippen LogP contribution < -0.4 is 9.88 Å². The summed E-state index contributed by atoms with van der Waals surface area (Å²) in [5.74, 6) is 1.01. The Balaban J connectivity index is 1.56. The molecule has 6 heteroatoms. The van der Waals surface area contributed by atoms with Crippen molar-refractivity contribution in [3.63, 3.8) is 0 Å². The molecule has 1 amide bonds. The van der Waals surface area contributed by atoms with Crippen LogP contribution in [-0.2, 0) is 24.3 Å². The van der Waals surface area contributed by atoms with Crippen molar-refractivity contribution in [1.29, 1.82) is 0 Å². The van der Waals surface area contributed by atoms with Gasteiger partial charge in [-0.2, -0.15) is 0 Å². The number of nitrogens with zero attached hydrogens (tertiary/aromatic N) is 2. The zero-order chi connectivity index (χ0) is 19.7. The average Bonchev–Trinajstić information content (AvgIpc) is 3.27. The van der Waals surface area contributed by atoms with E-state index in [2.05, 4.69) is 9.88 Å². The van der Waals surface area contributed by atoms with Crippen molar-refractivity contribution in [1.82, 2.24) is 4.57 Å². The van der Waals surface area contributed by atoms with E-state index in [1.807, 2.05) is 35.0 Å². The molecule has 0 saturated carbocycles. The van der Waals surface area contributed by atoms with Crippen molar-refractivity contribution >= 4 is 29.0 Å². The summed E-state index contributed by atoms with van der Waals surface area (Å²) in [6, 6.07) is 14.8. The van der Waals surface area contributed by atoms with Gasteiger partial charge in [0.15, 0.2) is 18.0 Å². The Bertz CT molecular complexity index is 1050. The number of halogens is 1. The minimum Gasteiger partial charge on any atom is -0.323 e. The molecule has 1 aromatic heterocycles. The van der Waals surface area contributed by atoms with Gasteiger partial charge in [-0.1, -0.05) is 23.7 Å². The number of amides is 1. The van der Waals surface area contributed by atoms with Crippen molar-refractivity contribution < 1.29 is 14.2 Å². The second-order valence-corrected chi connectivity index (χ2v) is 7.44. The number of hydrogen-bond acceptors (Lipinski definition) is 2. The summed E-state index contributed by atoms with van der Waals surface area (Å²) in [5.41, 5.74) is 3.39. The predicted molar refractivity (Wildman–Crippen MR) is 108 cm³/mol. The highest BCUT2D eigenvalue weighted by Crippen LogP contribution is 2.26. The smallest absolute Gasteiger partial charge is 0.266 e. The summed E-state index contributed by atoms with van der Waals surface area (Å²) in [5, 5.41) is 3.60. The fourth-order valence-corrected chi connectivity index (χ4v) is 3.79. The third-order valence-electron chi connectivity index (χ3n) is 5.00. The van der Waals surface area contributed by atoms with Crippen molar-refractivity contribution in [2.24, 2.45) is 0 Å². The van der Waals surface area contributed by atoms with E-state index in [4.69, 9.17) is 11.6 Å². The maximum absolute atomic E-state index is 12.6. The molecule has 1 aliphatic rings. The predicted octanol–water partition coefficient (Wildman–Crippen LogP) is 3.88. The molecule has 0 unspecified atom stereocenters. The molecule has 0 spiro atoms. The monoisotopic (exact) mass is 394 g/mol. The summed E-state index contributed by atoms with van der Waals surface area (Å²) < 4.78 is 4.29. The second-order valence-electron chi connectivity index (χ2n) is 7.01. The van der Waals surface area contributed by atoms with Crippen LogP contribution in [0.25, 0.3) is 11.3 Å². The molecule has 4 rings (SSSR count). The lowest BCUT2D eigenvalue weighted by Crippen LogP contribution is -2.42. The molecule has 0 atom stereocenters. The highest BCUT2D eigenvalue weighted by atomic mass is 35.5. The van der Waals surface area contributed by atoms with Gasteiger partial charge < -0.3 is 5.32 Å². The fraction of sp³-hybridized carbons (Fsp3) is 0.227. The number of fused-ring (bicyclic) bond motifs is 1. The molecular formula is C22H21ClN3O2+. The molecule has 2 aromatic carbocycles. The third-order valence-corrected chi connectivity index (χ3v) is 5.25. The van der Waals surface area contributed by atoms with E-state index < -0.39 is 0 Å². The number of Topliss-reactive ketones (excluding diaryl/α,β-unsaturated/α-hetero) is 1. The molecule has 3 aromatic rings. The number of benzene rings is 2. The molecule has 0 fully saturated rings. The number of imidazole rings is 1. The minimum absolute atomic E-state index is 0.0247. The summed E-state index contributed by atoms with van der Waals surface area (Å²) in [6.07, 6.45) is 4.04. The zero-order valence-electron chi connectivity index (χ0n) is 15.6. The zero-order valence-corrected chi connectivity index (χ0v) is 16.4. The Morgan fingerprint density at radius 3 is 2.71 bits per heavy atom. The van der Waals surface area contributed by atoms with Crippen molar-refractivity contribution in [2.45, 2.75) is 32.9 Å².